The highest BCUT2D eigenvalue weighted by atomic mass is 15.2. The first-order chi connectivity index (χ1) is 10.4. The van der Waals surface area contributed by atoms with Crippen LogP contribution in [0.4, 0.5) is 0 Å². The van der Waals surface area contributed by atoms with Crippen LogP contribution in [-0.4, -0.2) is 60.1 Å². The van der Waals surface area contributed by atoms with Crippen molar-refractivity contribution in [2.45, 2.75) is 51.7 Å². The van der Waals surface area contributed by atoms with E-state index in [0.717, 1.165) is 19.1 Å². The van der Waals surface area contributed by atoms with Gasteiger partial charge >= 0.3 is 0 Å². The molecule has 1 N–H and O–H groups in total. The van der Waals surface area contributed by atoms with E-state index in [2.05, 4.69) is 61.0 Å². The van der Waals surface area contributed by atoms with Crippen LogP contribution in [-0.2, 0) is 6.54 Å². The molecule has 1 fully saturated rings. The molecule has 4 heteroatoms. The summed E-state index contributed by atoms with van der Waals surface area (Å²) in [6.45, 7) is 11.2. The van der Waals surface area contributed by atoms with E-state index >= 15 is 0 Å². The molecule has 0 saturated carbocycles. The molecular weight excluding hydrogens is 272 g/mol. The number of hydrogen-bond acceptors (Lipinski definition) is 4. The highest BCUT2D eigenvalue weighted by Gasteiger charge is 2.30. The highest BCUT2D eigenvalue weighted by molar-refractivity contribution is 5.21. The molecule has 0 unspecified atom stereocenters. The minimum Gasteiger partial charge on any atom is -0.311 e. The molecule has 0 amide bonds. The van der Waals surface area contributed by atoms with Gasteiger partial charge in [-0.3, -0.25) is 9.88 Å². The van der Waals surface area contributed by atoms with E-state index in [4.69, 9.17) is 0 Å². The Morgan fingerprint density at radius 1 is 1.32 bits per heavy atom. The first-order valence-corrected chi connectivity index (χ1v) is 8.42. The quantitative estimate of drug-likeness (QED) is 0.874. The topological polar surface area (TPSA) is 31.4 Å². The third-order valence-corrected chi connectivity index (χ3v) is 5.07. The molecule has 4 nitrogen and oxygen atoms in total. The molecule has 22 heavy (non-hydrogen) atoms. The number of nitrogens with one attached hydrogen (secondary N) is 1. The smallest absolute Gasteiger partial charge is 0.0315 e. The van der Waals surface area contributed by atoms with Crippen molar-refractivity contribution >= 4 is 0 Å². The number of pyridine rings is 1. The van der Waals surface area contributed by atoms with Gasteiger partial charge in [0.2, 0.25) is 0 Å². The van der Waals surface area contributed by atoms with Gasteiger partial charge in [0.1, 0.15) is 0 Å². The largest absolute Gasteiger partial charge is 0.311 e. The Bertz CT molecular complexity index is 462. The summed E-state index contributed by atoms with van der Waals surface area (Å²) >= 11 is 0. The summed E-state index contributed by atoms with van der Waals surface area (Å²) < 4.78 is 0. The highest BCUT2D eigenvalue weighted by Crippen LogP contribution is 2.22. The van der Waals surface area contributed by atoms with E-state index in [1.54, 1.807) is 0 Å². The molecule has 2 rings (SSSR count). The van der Waals surface area contributed by atoms with Gasteiger partial charge in [-0.2, -0.15) is 0 Å². The average Bonchev–Trinajstić information content (AvgIpc) is 2.49. The van der Waals surface area contributed by atoms with Gasteiger partial charge in [-0.1, -0.05) is 0 Å². The van der Waals surface area contributed by atoms with Crippen LogP contribution in [0.5, 0.6) is 0 Å². The van der Waals surface area contributed by atoms with Gasteiger partial charge in [-0.25, -0.2) is 0 Å². The van der Waals surface area contributed by atoms with Gasteiger partial charge in [0.25, 0.3) is 0 Å². The summed E-state index contributed by atoms with van der Waals surface area (Å²) in [6.07, 6.45) is 6.38. The Morgan fingerprint density at radius 3 is 2.59 bits per heavy atom. The van der Waals surface area contributed by atoms with Gasteiger partial charge in [0, 0.05) is 50.2 Å². The molecular formula is C18H32N4. The van der Waals surface area contributed by atoms with E-state index in [0.29, 0.717) is 0 Å². The van der Waals surface area contributed by atoms with Crippen LogP contribution in [0.2, 0.25) is 0 Å². The minimum absolute atomic E-state index is 0.202. The predicted octanol–water partition coefficient (Wildman–Crippen LogP) is 2.28. The molecule has 124 valence electrons. The molecule has 0 spiro atoms. The van der Waals surface area contributed by atoms with Gasteiger partial charge in [0.15, 0.2) is 0 Å². The molecule has 1 aromatic heterocycles. The lowest BCUT2D eigenvalue weighted by Gasteiger charge is -2.44. The zero-order valence-corrected chi connectivity index (χ0v) is 14.9. The molecule has 1 aliphatic heterocycles. The third kappa shape index (κ3) is 4.51. The molecule has 0 aromatic carbocycles. The van der Waals surface area contributed by atoms with Crippen molar-refractivity contribution in [3.05, 3.63) is 29.6 Å². The third-order valence-electron chi connectivity index (χ3n) is 5.07. The molecule has 0 bridgehead atoms. The molecule has 1 saturated heterocycles. The molecule has 2 heterocycles. The fourth-order valence-electron chi connectivity index (χ4n) is 3.28. The lowest BCUT2D eigenvalue weighted by atomic mass is 9.95. The number of hydrogen-bond donors (Lipinski definition) is 1. The molecule has 0 atom stereocenters. The van der Waals surface area contributed by atoms with Crippen molar-refractivity contribution in [2.75, 3.05) is 33.7 Å². The van der Waals surface area contributed by atoms with E-state index in [9.17, 15) is 0 Å². The van der Waals surface area contributed by atoms with Crippen molar-refractivity contribution in [1.29, 1.82) is 0 Å². The predicted molar refractivity (Wildman–Crippen MR) is 93.0 cm³/mol. The number of piperidine rings is 1. The van der Waals surface area contributed by atoms with Crippen LogP contribution in [0.15, 0.2) is 18.5 Å². The normalized spacial score (nSPS) is 18.1. The van der Waals surface area contributed by atoms with Crippen molar-refractivity contribution in [1.82, 2.24) is 20.1 Å². The standard InChI is InChI=1S/C18H32N4/c1-15-6-9-19-12-16(15)13-20-14-18(2,3)22-10-7-17(8-11-22)21(4)5/h6,9,12,17,20H,7-8,10-11,13-14H2,1-5H3. The number of nitrogens with zero attached hydrogens (tertiary/aromatic N) is 3. The second kappa shape index (κ2) is 7.53. The lowest BCUT2D eigenvalue weighted by Crippen LogP contribution is -2.55. The summed E-state index contributed by atoms with van der Waals surface area (Å²) in [7, 11) is 4.40. The fraction of sp³-hybridized carbons (Fsp3) is 0.722. The first-order valence-electron chi connectivity index (χ1n) is 8.42. The van der Waals surface area contributed by atoms with Crippen molar-refractivity contribution in [3.63, 3.8) is 0 Å². The van der Waals surface area contributed by atoms with Crippen LogP contribution < -0.4 is 5.32 Å². The van der Waals surface area contributed by atoms with E-state index < -0.39 is 0 Å². The van der Waals surface area contributed by atoms with Crippen LogP contribution in [0, 0.1) is 6.92 Å². The maximum Gasteiger partial charge on any atom is 0.0315 e. The van der Waals surface area contributed by atoms with Gasteiger partial charge in [-0.15, -0.1) is 0 Å². The first kappa shape index (κ1) is 17.4. The summed E-state index contributed by atoms with van der Waals surface area (Å²) in [5, 5.41) is 3.62. The van der Waals surface area contributed by atoms with E-state index in [1.807, 2.05) is 12.4 Å². The maximum absolute atomic E-state index is 4.22. The van der Waals surface area contributed by atoms with Gasteiger partial charge < -0.3 is 10.2 Å². The molecule has 1 aromatic rings. The second-order valence-electron chi connectivity index (χ2n) is 7.40. The lowest BCUT2D eigenvalue weighted by molar-refractivity contribution is 0.0616. The van der Waals surface area contributed by atoms with Crippen molar-refractivity contribution in [3.8, 4) is 0 Å². The Morgan fingerprint density at radius 2 is 2.00 bits per heavy atom. The number of aryl methyl sites for hydroxylation is 1. The Balaban J connectivity index is 1.80. The van der Waals surface area contributed by atoms with Crippen LogP contribution >= 0.6 is 0 Å². The molecule has 1 aliphatic rings. The monoisotopic (exact) mass is 304 g/mol. The van der Waals surface area contributed by atoms with Crippen LogP contribution in [0.25, 0.3) is 0 Å². The van der Waals surface area contributed by atoms with Gasteiger partial charge in [-0.05, 0) is 64.9 Å². The Labute approximate surface area is 135 Å². The fourth-order valence-corrected chi connectivity index (χ4v) is 3.28. The summed E-state index contributed by atoms with van der Waals surface area (Å²) in [5.41, 5.74) is 2.81. The van der Waals surface area contributed by atoms with Crippen LogP contribution in [0.3, 0.4) is 0 Å². The Hall–Kier alpha value is -0.970. The summed E-state index contributed by atoms with van der Waals surface area (Å²) in [5.74, 6) is 0. The molecule has 0 radical (unpaired) electrons. The zero-order valence-electron chi connectivity index (χ0n) is 14.9. The van der Waals surface area contributed by atoms with E-state index in [1.165, 1.54) is 37.1 Å². The SMILES string of the molecule is Cc1ccncc1CNCC(C)(C)N1CCC(N(C)C)CC1. The summed E-state index contributed by atoms with van der Waals surface area (Å²) in [6, 6.07) is 2.83. The number of likely N-dealkylation sites (tertiary alicyclic amines) is 1. The zero-order chi connectivity index (χ0) is 16.2. The number of rotatable bonds is 6. The minimum atomic E-state index is 0.202. The summed E-state index contributed by atoms with van der Waals surface area (Å²) in [4.78, 5) is 9.22. The van der Waals surface area contributed by atoms with E-state index in [-0.39, 0.29) is 5.54 Å². The Kier molecular flexibility index (Phi) is 5.95. The van der Waals surface area contributed by atoms with Crippen molar-refractivity contribution < 1.29 is 0 Å². The van der Waals surface area contributed by atoms with Crippen LogP contribution in [0.1, 0.15) is 37.8 Å². The van der Waals surface area contributed by atoms with Crippen molar-refractivity contribution in [2.24, 2.45) is 0 Å². The van der Waals surface area contributed by atoms with Gasteiger partial charge in [0.05, 0.1) is 0 Å². The molecule has 0 aliphatic carbocycles. The second-order valence-corrected chi connectivity index (χ2v) is 7.40. The maximum atomic E-state index is 4.22. The number of aromatic nitrogens is 1. The average molecular weight is 304 g/mol.